The van der Waals surface area contributed by atoms with Crippen LogP contribution in [0.1, 0.15) is 24.5 Å². The number of hydrogen-bond acceptors (Lipinski definition) is 2. The Morgan fingerprint density at radius 1 is 1.27 bits per heavy atom. The average molecular weight is 315 g/mol. The molecule has 0 spiro atoms. The predicted molar refractivity (Wildman–Crippen MR) is 74.1 cm³/mol. The minimum absolute atomic E-state index is 0.143. The standard InChI is InChI=1S/C15H16F3NO3/c1-2-3-4-12(14(21)22)19-13(20)9-10-5-7-11(8-6-10)15(16,17)18/h2-3,5-8,12H,4,9H2,1H3,(H,19,20)(H,21,22)/b3-2+. The second-order valence-electron chi connectivity index (χ2n) is 4.63. The van der Waals surface area contributed by atoms with E-state index in [0.29, 0.717) is 5.56 Å². The monoisotopic (exact) mass is 315 g/mol. The average Bonchev–Trinajstić information content (AvgIpc) is 2.42. The third-order valence-electron chi connectivity index (χ3n) is 2.89. The van der Waals surface area contributed by atoms with Gasteiger partial charge in [0.1, 0.15) is 6.04 Å². The molecule has 1 unspecified atom stereocenters. The minimum atomic E-state index is -4.43. The Balaban J connectivity index is 2.66. The molecule has 7 heteroatoms. The summed E-state index contributed by atoms with van der Waals surface area (Å²) in [6.07, 6.45) is -1.20. The summed E-state index contributed by atoms with van der Waals surface area (Å²) in [4.78, 5) is 22.7. The number of carboxylic acid groups (broad SMARTS) is 1. The Labute approximate surface area is 125 Å². The van der Waals surface area contributed by atoms with Gasteiger partial charge in [-0.05, 0) is 31.0 Å². The number of carboxylic acids is 1. The highest BCUT2D eigenvalue weighted by molar-refractivity contribution is 5.84. The van der Waals surface area contributed by atoms with E-state index in [0.717, 1.165) is 12.1 Å². The van der Waals surface area contributed by atoms with E-state index < -0.39 is 29.7 Å². The number of carbonyl (C=O) groups excluding carboxylic acids is 1. The van der Waals surface area contributed by atoms with Crippen molar-refractivity contribution in [3.8, 4) is 0 Å². The molecular weight excluding hydrogens is 299 g/mol. The molecule has 0 bridgehead atoms. The number of carbonyl (C=O) groups is 2. The van der Waals surface area contributed by atoms with Gasteiger partial charge in [-0.25, -0.2) is 4.79 Å². The molecule has 1 amide bonds. The van der Waals surface area contributed by atoms with E-state index in [-0.39, 0.29) is 12.8 Å². The third kappa shape index (κ3) is 5.59. The number of hydrogen-bond donors (Lipinski definition) is 2. The quantitative estimate of drug-likeness (QED) is 0.793. The number of halogens is 3. The third-order valence-corrected chi connectivity index (χ3v) is 2.89. The first-order valence-electron chi connectivity index (χ1n) is 6.53. The molecule has 2 N–H and O–H groups in total. The van der Waals surface area contributed by atoms with Gasteiger partial charge in [-0.2, -0.15) is 13.2 Å². The zero-order chi connectivity index (χ0) is 16.8. The fourth-order valence-electron chi connectivity index (χ4n) is 1.74. The van der Waals surface area contributed by atoms with Crippen molar-refractivity contribution in [2.45, 2.75) is 32.0 Å². The summed E-state index contributed by atoms with van der Waals surface area (Å²) in [6, 6.07) is 3.11. The van der Waals surface area contributed by atoms with Gasteiger partial charge in [0, 0.05) is 0 Å². The van der Waals surface area contributed by atoms with Gasteiger partial charge in [0.15, 0.2) is 0 Å². The van der Waals surface area contributed by atoms with Crippen LogP contribution in [0.3, 0.4) is 0 Å². The number of alkyl halides is 3. The second-order valence-corrected chi connectivity index (χ2v) is 4.63. The molecule has 4 nitrogen and oxygen atoms in total. The highest BCUT2D eigenvalue weighted by Crippen LogP contribution is 2.29. The van der Waals surface area contributed by atoms with Crippen LogP contribution < -0.4 is 5.32 Å². The number of nitrogens with one attached hydrogen (secondary N) is 1. The molecule has 1 aromatic carbocycles. The lowest BCUT2D eigenvalue weighted by atomic mass is 10.1. The summed E-state index contributed by atoms with van der Waals surface area (Å²) < 4.78 is 37.2. The van der Waals surface area contributed by atoms with Crippen LogP contribution in [0.2, 0.25) is 0 Å². The van der Waals surface area contributed by atoms with Gasteiger partial charge < -0.3 is 10.4 Å². The smallest absolute Gasteiger partial charge is 0.416 e. The van der Waals surface area contributed by atoms with Crippen molar-refractivity contribution in [1.82, 2.24) is 5.32 Å². The summed E-state index contributed by atoms with van der Waals surface area (Å²) >= 11 is 0. The summed E-state index contributed by atoms with van der Waals surface area (Å²) in [5.41, 5.74) is -0.422. The maximum absolute atomic E-state index is 12.4. The topological polar surface area (TPSA) is 66.4 Å². The number of rotatable bonds is 6. The van der Waals surface area contributed by atoms with Gasteiger partial charge in [-0.15, -0.1) is 0 Å². The van der Waals surface area contributed by atoms with Gasteiger partial charge in [0.25, 0.3) is 0 Å². The molecule has 1 rings (SSSR count). The first-order chi connectivity index (χ1) is 10.2. The first kappa shape index (κ1) is 17.7. The lowest BCUT2D eigenvalue weighted by molar-refractivity contribution is -0.141. The van der Waals surface area contributed by atoms with Crippen molar-refractivity contribution < 1.29 is 27.9 Å². The van der Waals surface area contributed by atoms with Gasteiger partial charge in [-0.1, -0.05) is 24.3 Å². The molecule has 0 saturated carbocycles. The fourth-order valence-corrected chi connectivity index (χ4v) is 1.74. The SMILES string of the molecule is C/C=C/CC(NC(=O)Cc1ccc(C(F)(F)F)cc1)C(=O)O. The summed E-state index contributed by atoms with van der Waals surface area (Å²) in [6.45, 7) is 1.73. The molecule has 0 aromatic heterocycles. The molecule has 22 heavy (non-hydrogen) atoms. The Hall–Kier alpha value is -2.31. The van der Waals surface area contributed by atoms with Gasteiger partial charge in [-0.3, -0.25) is 4.79 Å². The highest BCUT2D eigenvalue weighted by Gasteiger charge is 2.30. The minimum Gasteiger partial charge on any atom is -0.480 e. The van der Waals surface area contributed by atoms with Crippen molar-refractivity contribution >= 4 is 11.9 Å². The van der Waals surface area contributed by atoms with Gasteiger partial charge >= 0.3 is 12.1 Å². The van der Waals surface area contributed by atoms with Crippen molar-refractivity contribution in [3.63, 3.8) is 0 Å². The van der Waals surface area contributed by atoms with Crippen LogP contribution in [0.15, 0.2) is 36.4 Å². The zero-order valence-electron chi connectivity index (χ0n) is 11.9. The van der Waals surface area contributed by atoms with Crippen molar-refractivity contribution in [2.24, 2.45) is 0 Å². The number of amides is 1. The highest BCUT2D eigenvalue weighted by atomic mass is 19.4. The Kier molecular flexibility index (Phi) is 6.15. The normalized spacial score (nSPS) is 13.1. The maximum Gasteiger partial charge on any atom is 0.416 e. The molecule has 0 saturated heterocycles. The van der Waals surface area contributed by atoms with Gasteiger partial charge in [0.05, 0.1) is 12.0 Å². The van der Waals surface area contributed by atoms with E-state index in [1.807, 2.05) is 0 Å². The van der Waals surface area contributed by atoms with E-state index in [9.17, 15) is 22.8 Å². The lowest BCUT2D eigenvalue weighted by Crippen LogP contribution is -2.41. The van der Waals surface area contributed by atoms with Crippen molar-refractivity contribution in [2.75, 3.05) is 0 Å². The van der Waals surface area contributed by atoms with E-state index >= 15 is 0 Å². The summed E-state index contributed by atoms with van der Waals surface area (Å²) in [5, 5.41) is 11.3. The number of benzene rings is 1. The van der Waals surface area contributed by atoms with Crippen LogP contribution in [-0.4, -0.2) is 23.0 Å². The molecular formula is C15H16F3NO3. The predicted octanol–water partition coefficient (Wildman–Crippen LogP) is 2.78. The Morgan fingerprint density at radius 3 is 2.32 bits per heavy atom. The molecule has 1 aromatic rings. The van der Waals surface area contributed by atoms with Crippen molar-refractivity contribution in [3.05, 3.63) is 47.5 Å². The van der Waals surface area contributed by atoms with Crippen molar-refractivity contribution in [1.29, 1.82) is 0 Å². The van der Waals surface area contributed by atoms with Crippen LogP contribution >= 0.6 is 0 Å². The van der Waals surface area contributed by atoms with Crippen LogP contribution in [0.25, 0.3) is 0 Å². The molecule has 120 valence electrons. The van der Waals surface area contributed by atoms with Gasteiger partial charge in [0.2, 0.25) is 5.91 Å². The van der Waals surface area contributed by atoms with E-state index in [1.165, 1.54) is 12.1 Å². The zero-order valence-corrected chi connectivity index (χ0v) is 11.9. The number of aliphatic carboxylic acids is 1. The van der Waals surface area contributed by atoms with E-state index in [4.69, 9.17) is 5.11 Å². The fraction of sp³-hybridized carbons (Fsp3) is 0.333. The molecule has 0 aliphatic carbocycles. The summed E-state index contributed by atoms with van der Waals surface area (Å²) in [5.74, 6) is -1.73. The molecule has 0 radical (unpaired) electrons. The summed E-state index contributed by atoms with van der Waals surface area (Å²) in [7, 11) is 0. The lowest BCUT2D eigenvalue weighted by Gasteiger charge is -2.13. The first-order valence-corrected chi connectivity index (χ1v) is 6.53. The number of allylic oxidation sites excluding steroid dienone is 1. The largest absolute Gasteiger partial charge is 0.480 e. The second kappa shape index (κ2) is 7.63. The van der Waals surface area contributed by atoms with E-state index in [2.05, 4.69) is 5.32 Å². The van der Waals surface area contributed by atoms with Crippen LogP contribution in [0, 0.1) is 0 Å². The Bertz CT molecular complexity index is 550. The van der Waals surface area contributed by atoms with Crippen LogP contribution in [0.4, 0.5) is 13.2 Å². The van der Waals surface area contributed by atoms with Crippen LogP contribution in [-0.2, 0) is 22.2 Å². The molecule has 0 aliphatic rings. The molecule has 0 aliphatic heterocycles. The van der Waals surface area contributed by atoms with Crippen LogP contribution in [0.5, 0.6) is 0 Å². The molecule has 0 fully saturated rings. The molecule has 0 heterocycles. The van der Waals surface area contributed by atoms with E-state index in [1.54, 1.807) is 19.1 Å². The Morgan fingerprint density at radius 2 is 1.86 bits per heavy atom. The maximum atomic E-state index is 12.4. The molecule has 1 atom stereocenters.